The highest BCUT2D eigenvalue weighted by Gasteiger charge is 2.31. The molecule has 0 aromatic heterocycles. The molecule has 0 aromatic carbocycles. The molecule has 0 saturated heterocycles. The van der Waals surface area contributed by atoms with Gasteiger partial charge in [0.05, 0.1) is 0 Å². The molecule has 0 nitrogen and oxygen atoms in total. The second kappa shape index (κ2) is 5.38. The van der Waals surface area contributed by atoms with E-state index in [9.17, 15) is 0 Å². The van der Waals surface area contributed by atoms with Crippen molar-refractivity contribution in [3.8, 4) is 0 Å². The zero-order valence-electron chi connectivity index (χ0n) is 11.2. The van der Waals surface area contributed by atoms with Crippen molar-refractivity contribution in [2.45, 2.75) is 71.6 Å². The third-order valence-corrected chi connectivity index (χ3v) is 5.04. The summed E-state index contributed by atoms with van der Waals surface area (Å²) in [6.45, 7) is 4.63. The van der Waals surface area contributed by atoms with Gasteiger partial charge in [-0.3, -0.25) is 0 Å². The fourth-order valence-electron chi connectivity index (χ4n) is 4.02. The van der Waals surface area contributed by atoms with Gasteiger partial charge in [-0.25, -0.2) is 0 Å². The van der Waals surface area contributed by atoms with Crippen molar-refractivity contribution in [1.29, 1.82) is 0 Å². The van der Waals surface area contributed by atoms with Crippen LogP contribution in [-0.2, 0) is 0 Å². The minimum absolute atomic E-state index is 0.516. The van der Waals surface area contributed by atoms with Crippen molar-refractivity contribution in [2.75, 3.05) is 0 Å². The molecule has 16 heavy (non-hydrogen) atoms. The van der Waals surface area contributed by atoms with Crippen LogP contribution in [0.1, 0.15) is 71.6 Å². The number of hydrogen-bond donors (Lipinski definition) is 0. The number of allylic oxidation sites excluding steroid dienone is 2. The minimum atomic E-state index is 0.516. The lowest BCUT2D eigenvalue weighted by molar-refractivity contribution is 0.290. The average molecular weight is 220 g/mol. The lowest BCUT2D eigenvalue weighted by atomic mass is 9.80. The average Bonchev–Trinajstić information content (AvgIpc) is 2.71. The molecule has 0 amide bonds. The summed E-state index contributed by atoms with van der Waals surface area (Å²) in [7, 11) is 0. The van der Waals surface area contributed by atoms with Gasteiger partial charge in [0.25, 0.3) is 0 Å². The largest absolute Gasteiger partial charge is 0.0911 e. The summed E-state index contributed by atoms with van der Waals surface area (Å²) in [4.78, 5) is 0. The second-order valence-corrected chi connectivity index (χ2v) is 6.39. The summed E-state index contributed by atoms with van der Waals surface area (Å²) >= 11 is 0. The Bertz CT molecular complexity index is 234. The summed E-state index contributed by atoms with van der Waals surface area (Å²) < 4.78 is 0. The zero-order chi connectivity index (χ0) is 11.4. The maximum atomic E-state index is 2.46. The molecule has 2 saturated carbocycles. The van der Waals surface area contributed by atoms with E-state index in [0.717, 1.165) is 11.8 Å². The molecule has 2 rings (SSSR count). The van der Waals surface area contributed by atoms with Gasteiger partial charge in [-0.1, -0.05) is 57.6 Å². The Kier molecular flexibility index (Phi) is 4.10. The highest BCUT2D eigenvalue weighted by atomic mass is 14.4. The van der Waals surface area contributed by atoms with Gasteiger partial charge in [0.2, 0.25) is 0 Å². The predicted octanol–water partition coefficient (Wildman–Crippen LogP) is 5.34. The fraction of sp³-hybridized carbons (Fsp3) is 0.875. The summed E-state index contributed by atoms with van der Waals surface area (Å²) in [5.41, 5.74) is 0.516. The molecule has 0 heteroatoms. The van der Waals surface area contributed by atoms with Crippen LogP contribution in [0.5, 0.6) is 0 Å². The van der Waals surface area contributed by atoms with Crippen LogP contribution in [0.15, 0.2) is 12.2 Å². The monoisotopic (exact) mass is 220 g/mol. The Morgan fingerprint density at radius 3 is 2.19 bits per heavy atom. The van der Waals surface area contributed by atoms with Crippen LogP contribution in [0, 0.1) is 17.3 Å². The van der Waals surface area contributed by atoms with Gasteiger partial charge in [-0.2, -0.15) is 0 Å². The molecule has 0 N–H and O–H groups in total. The van der Waals surface area contributed by atoms with Crippen molar-refractivity contribution in [1.82, 2.24) is 0 Å². The summed E-state index contributed by atoms with van der Waals surface area (Å²) in [5.74, 6) is 2.16. The molecule has 2 fully saturated rings. The Hall–Kier alpha value is -0.260. The standard InChI is InChI=1S/C16H28/c1-3-11-16(2)12-6-9-15(10-13-16)14-7-4-5-8-14/h3,11,14-15H,4-10,12-13H2,1-2H3/b11-3+. The van der Waals surface area contributed by atoms with E-state index in [2.05, 4.69) is 26.0 Å². The van der Waals surface area contributed by atoms with Crippen molar-refractivity contribution < 1.29 is 0 Å². The van der Waals surface area contributed by atoms with Crippen LogP contribution in [0.3, 0.4) is 0 Å². The van der Waals surface area contributed by atoms with E-state index >= 15 is 0 Å². The Morgan fingerprint density at radius 2 is 1.50 bits per heavy atom. The normalized spacial score (nSPS) is 38.0. The van der Waals surface area contributed by atoms with Crippen molar-refractivity contribution >= 4 is 0 Å². The smallest absolute Gasteiger partial charge is 0.0147 e. The number of rotatable bonds is 2. The van der Waals surface area contributed by atoms with Crippen LogP contribution in [0.25, 0.3) is 0 Å². The molecule has 92 valence electrons. The molecule has 0 spiro atoms. The van der Waals surface area contributed by atoms with E-state index in [1.807, 2.05) is 0 Å². The van der Waals surface area contributed by atoms with Crippen molar-refractivity contribution in [3.05, 3.63) is 12.2 Å². The van der Waals surface area contributed by atoms with Crippen LogP contribution in [0.4, 0.5) is 0 Å². The van der Waals surface area contributed by atoms with Crippen LogP contribution in [-0.4, -0.2) is 0 Å². The molecule has 0 heterocycles. The van der Waals surface area contributed by atoms with Gasteiger partial charge in [-0.15, -0.1) is 0 Å². The topological polar surface area (TPSA) is 0 Å². The molecule has 2 atom stereocenters. The van der Waals surface area contributed by atoms with Crippen molar-refractivity contribution in [2.24, 2.45) is 17.3 Å². The molecule has 0 bridgehead atoms. The molecule has 0 aliphatic heterocycles. The molecular weight excluding hydrogens is 192 g/mol. The molecule has 0 radical (unpaired) electrons. The van der Waals surface area contributed by atoms with E-state index in [1.165, 1.54) is 57.8 Å². The van der Waals surface area contributed by atoms with Crippen LogP contribution >= 0.6 is 0 Å². The summed E-state index contributed by atoms with van der Waals surface area (Å²) in [5, 5.41) is 0. The quantitative estimate of drug-likeness (QED) is 0.435. The summed E-state index contributed by atoms with van der Waals surface area (Å²) in [6, 6.07) is 0. The first-order valence-corrected chi connectivity index (χ1v) is 7.37. The van der Waals surface area contributed by atoms with E-state index in [0.29, 0.717) is 5.41 Å². The minimum Gasteiger partial charge on any atom is -0.0911 e. The second-order valence-electron chi connectivity index (χ2n) is 6.39. The summed E-state index contributed by atoms with van der Waals surface area (Å²) in [6.07, 6.45) is 18.1. The van der Waals surface area contributed by atoms with Crippen molar-refractivity contribution in [3.63, 3.8) is 0 Å². The Labute approximate surface area is 102 Å². The zero-order valence-corrected chi connectivity index (χ0v) is 11.2. The Morgan fingerprint density at radius 1 is 0.875 bits per heavy atom. The molecule has 2 unspecified atom stereocenters. The molecule has 0 aromatic rings. The first-order chi connectivity index (χ1) is 7.73. The van der Waals surface area contributed by atoms with Gasteiger partial charge in [0.1, 0.15) is 0 Å². The maximum absolute atomic E-state index is 2.46. The van der Waals surface area contributed by atoms with Gasteiger partial charge < -0.3 is 0 Å². The third-order valence-electron chi connectivity index (χ3n) is 5.04. The van der Waals surface area contributed by atoms with Crippen LogP contribution < -0.4 is 0 Å². The van der Waals surface area contributed by atoms with Gasteiger partial charge in [0, 0.05) is 0 Å². The van der Waals surface area contributed by atoms with Gasteiger partial charge in [0.15, 0.2) is 0 Å². The molecule has 2 aliphatic rings. The lowest BCUT2D eigenvalue weighted by Gasteiger charge is -2.25. The van der Waals surface area contributed by atoms with E-state index in [-0.39, 0.29) is 0 Å². The molecular formula is C16H28. The lowest BCUT2D eigenvalue weighted by Crippen LogP contribution is -2.13. The SMILES string of the molecule is C/C=C/C1(C)CCCC(C2CCCC2)CC1. The first kappa shape index (κ1) is 12.2. The van der Waals surface area contributed by atoms with E-state index < -0.39 is 0 Å². The Balaban J connectivity index is 1.92. The highest BCUT2D eigenvalue weighted by molar-refractivity contribution is 4.97. The number of hydrogen-bond acceptors (Lipinski definition) is 0. The van der Waals surface area contributed by atoms with E-state index in [4.69, 9.17) is 0 Å². The third kappa shape index (κ3) is 2.90. The van der Waals surface area contributed by atoms with E-state index in [1.54, 1.807) is 0 Å². The van der Waals surface area contributed by atoms with Gasteiger partial charge in [-0.05, 0) is 43.4 Å². The molecule has 2 aliphatic carbocycles. The van der Waals surface area contributed by atoms with Gasteiger partial charge >= 0.3 is 0 Å². The van der Waals surface area contributed by atoms with Crippen LogP contribution in [0.2, 0.25) is 0 Å². The highest BCUT2D eigenvalue weighted by Crippen LogP contribution is 2.43. The maximum Gasteiger partial charge on any atom is -0.0147 e. The predicted molar refractivity (Wildman–Crippen MR) is 71.5 cm³/mol. The fourth-order valence-corrected chi connectivity index (χ4v) is 4.02. The first-order valence-electron chi connectivity index (χ1n) is 7.37.